The molecule has 0 spiro atoms. The van der Waals surface area contributed by atoms with Gasteiger partial charge in [0.05, 0.1) is 0 Å². The van der Waals surface area contributed by atoms with Crippen LogP contribution in [0.5, 0.6) is 0 Å². The highest BCUT2D eigenvalue weighted by molar-refractivity contribution is 5.96. The maximum Gasteiger partial charge on any atom is 0.408 e. The van der Waals surface area contributed by atoms with Gasteiger partial charge in [0.2, 0.25) is 5.91 Å². The number of amides is 3. The number of ether oxygens (including phenoxy) is 2. The van der Waals surface area contributed by atoms with E-state index >= 15 is 0 Å². The fraction of sp³-hybridized carbons (Fsp3) is 0.400. The molecule has 8 nitrogen and oxygen atoms in total. The number of anilines is 1. The lowest BCUT2D eigenvalue weighted by Crippen LogP contribution is -2.44. The molecule has 0 radical (unpaired) electrons. The molecule has 0 saturated heterocycles. The summed E-state index contributed by atoms with van der Waals surface area (Å²) in [5.41, 5.74) is 0.930. The quantitative estimate of drug-likeness (QED) is 0.454. The predicted octanol–water partition coefficient (Wildman–Crippen LogP) is 4.62. The van der Waals surface area contributed by atoms with Crippen molar-refractivity contribution >= 4 is 23.8 Å². The van der Waals surface area contributed by atoms with Crippen molar-refractivity contribution in [3.8, 4) is 0 Å². The molecule has 8 heteroatoms. The van der Waals surface area contributed by atoms with E-state index in [0.717, 1.165) is 5.56 Å². The predicted molar refractivity (Wildman–Crippen MR) is 127 cm³/mol. The highest BCUT2D eigenvalue weighted by Crippen LogP contribution is 2.10. The van der Waals surface area contributed by atoms with Crippen LogP contribution in [0.25, 0.3) is 0 Å². The van der Waals surface area contributed by atoms with E-state index in [-0.39, 0.29) is 12.5 Å². The van der Waals surface area contributed by atoms with Crippen molar-refractivity contribution in [3.05, 3.63) is 66.2 Å². The van der Waals surface area contributed by atoms with Gasteiger partial charge in [0.15, 0.2) is 0 Å². The molecule has 2 aromatic carbocycles. The summed E-state index contributed by atoms with van der Waals surface area (Å²) < 4.78 is 10.5. The third-order valence-electron chi connectivity index (χ3n) is 4.45. The van der Waals surface area contributed by atoms with Gasteiger partial charge in [-0.1, -0.05) is 48.5 Å². The number of rotatable bonds is 10. The Labute approximate surface area is 195 Å². The number of nitrogens with one attached hydrogen (secondary N) is 3. The Bertz CT molecular complexity index is 882. The summed E-state index contributed by atoms with van der Waals surface area (Å²) in [5, 5.41) is 8.15. The van der Waals surface area contributed by atoms with Crippen LogP contribution in [-0.4, -0.2) is 36.3 Å². The van der Waals surface area contributed by atoms with Crippen LogP contribution in [0.1, 0.15) is 45.6 Å². The van der Waals surface area contributed by atoms with Crippen molar-refractivity contribution in [3.63, 3.8) is 0 Å². The molecule has 33 heavy (non-hydrogen) atoms. The normalized spacial score (nSPS) is 11.7. The summed E-state index contributed by atoms with van der Waals surface area (Å²) in [5.74, 6) is -0.335. The number of unbranched alkanes of at least 4 members (excludes halogenated alkanes) is 1. The highest BCUT2D eigenvalue weighted by Gasteiger charge is 2.22. The van der Waals surface area contributed by atoms with E-state index in [2.05, 4.69) is 16.0 Å². The van der Waals surface area contributed by atoms with Crippen LogP contribution >= 0.6 is 0 Å². The maximum absolute atomic E-state index is 12.8. The molecule has 0 aliphatic rings. The first-order chi connectivity index (χ1) is 15.7. The molecule has 0 aromatic heterocycles. The highest BCUT2D eigenvalue weighted by atomic mass is 16.6. The molecular weight excluding hydrogens is 422 g/mol. The number of carbonyl (C=O) groups excluding carboxylic acids is 3. The smallest absolute Gasteiger partial charge is 0.408 e. The van der Waals surface area contributed by atoms with Gasteiger partial charge in [-0.25, -0.2) is 9.59 Å². The summed E-state index contributed by atoms with van der Waals surface area (Å²) >= 11 is 0. The van der Waals surface area contributed by atoms with Crippen LogP contribution in [0.4, 0.5) is 15.3 Å². The molecule has 3 N–H and O–H groups in total. The third-order valence-corrected chi connectivity index (χ3v) is 4.45. The summed E-state index contributed by atoms with van der Waals surface area (Å²) in [6.07, 6.45) is 0.452. The Hall–Kier alpha value is -3.55. The standard InChI is InChI=1S/C25H33N3O5/c1-25(2,3)33-23(30)26-17-11-10-16-21(22(29)27-20-14-8-5-9-15-20)28-24(31)32-18-19-12-6-4-7-13-19/h4-9,12-15,21H,10-11,16-18H2,1-3H3,(H,26,30)(H,27,29)(H,28,31)/t21-/m0/s1. The fourth-order valence-corrected chi connectivity index (χ4v) is 2.90. The summed E-state index contributed by atoms with van der Waals surface area (Å²) in [6, 6.07) is 17.5. The van der Waals surface area contributed by atoms with Gasteiger partial charge >= 0.3 is 12.2 Å². The topological polar surface area (TPSA) is 106 Å². The van der Waals surface area contributed by atoms with Gasteiger partial charge in [0, 0.05) is 12.2 Å². The first-order valence-electron chi connectivity index (χ1n) is 11.0. The van der Waals surface area contributed by atoms with Gasteiger partial charge in [-0.3, -0.25) is 4.79 Å². The zero-order chi connectivity index (χ0) is 24.1. The monoisotopic (exact) mass is 455 g/mol. The van der Waals surface area contributed by atoms with Crippen LogP contribution in [0.15, 0.2) is 60.7 Å². The Balaban J connectivity index is 1.85. The maximum atomic E-state index is 12.8. The molecule has 0 heterocycles. The van der Waals surface area contributed by atoms with Crippen LogP contribution in [0, 0.1) is 0 Å². The minimum absolute atomic E-state index is 0.111. The van der Waals surface area contributed by atoms with Crippen LogP contribution < -0.4 is 16.0 Å². The van der Waals surface area contributed by atoms with Crippen molar-refractivity contribution in [2.75, 3.05) is 11.9 Å². The van der Waals surface area contributed by atoms with Gasteiger partial charge < -0.3 is 25.4 Å². The minimum Gasteiger partial charge on any atom is -0.445 e. The largest absolute Gasteiger partial charge is 0.445 e. The molecule has 0 unspecified atom stereocenters. The average molecular weight is 456 g/mol. The van der Waals surface area contributed by atoms with Crippen molar-refractivity contribution in [2.24, 2.45) is 0 Å². The summed E-state index contributed by atoms with van der Waals surface area (Å²) in [4.78, 5) is 36.8. The van der Waals surface area contributed by atoms with Crippen molar-refractivity contribution in [2.45, 2.75) is 58.3 Å². The molecule has 2 aromatic rings. The molecule has 0 saturated carbocycles. The van der Waals surface area contributed by atoms with E-state index in [9.17, 15) is 14.4 Å². The number of benzene rings is 2. The molecule has 3 amide bonds. The molecule has 0 aliphatic carbocycles. The molecule has 0 fully saturated rings. The lowest BCUT2D eigenvalue weighted by Gasteiger charge is -2.20. The van der Waals surface area contributed by atoms with Crippen molar-refractivity contribution in [1.29, 1.82) is 0 Å². The first-order valence-corrected chi connectivity index (χ1v) is 11.0. The molecule has 2 rings (SSSR count). The summed E-state index contributed by atoms with van der Waals surface area (Å²) in [6.45, 7) is 5.90. The average Bonchev–Trinajstić information content (AvgIpc) is 2.77. The van der Waals surface area contributed by atoms with Gasteiger partial charge in [0.25, 0.3) is 0 Å². The lowest BCUT2D eigenvalue weighted by atomic mass is 10.1. The van der Waals surface area contributed by atoms with Gasteiger partial charge in [-0.2, -0.15) is 0 Å². The minimum atomic E-state index is -0.782. The van der Waals surface area contributed by atoms with Gasteiger partial charge in [-0.15, -0.1) is 0 Å². The van der Waals surface area contributed by atoms with E-state index in [1.807, 2.05) is 48.5 Å². The zero-order valence-corrected chi connectivity index (χ0v) is 19.4. The number of hydrogen-bond acceptors (Lipinski definition) is 5. The molecule has 0 bridgehead atoms. The molecule has 178 valence electrons. The fourth-order valence-electron chi connectivity index (χ4n) is 2.90. The van der Waals surface area contributed by atoms with Crippen LogP contribution in [-0.2, 0) is 20.9 Å². The molecule has 0 aliphatic heterocycles. The number of para-hydroxylation sites is 1. The van der Waals surface area contributed by atoms with Gasteiger partial charge in [-0.05, 0) is 57.7 Å². The number of hydrogen-bond donors (Lipinski definition) is 3. The Morgan fingerprint density at radius 2 is 1.52 bits per heavy atom. The Kier molecular flexibility index (Phi) is 10.2. The lowest BCUT2D eigenvalue weighted by molar-refractivity contribution is -0.118. The summed E-state index contributed by atoms with van der Waals surface area (Å²) in [7, 11) is 0. The second-order valence-corrected chi connectivity index (χ2v) is 8.54. The van der Waals surface area contributed by atoms with E-state index < -0.39 is 23.8 Å². The Morgan fingerprint density at radius 1 is 0.879 bits per heavy atom. The second kappa shape index (κ2) is 13.1. The van der Waals surface area contributed by atoms with E-state index in [1.54, 1.807) is 32.9 Å². The third kappa shape index (κ3) is 11.0. The molecular formula is C25H33N3O5. The number of alkyl carbamates (subject to hydrolysis) is 2. The van der Waals surface area contributed by atoms with Gasteiger partial charge in [0.1, 0.15) is 18.2 Å². The van der Waals surface area contributed by atoms with E-state index in [1.165, 1.54) is 0 Å². The van der Waals surface area contributed by atoms with Crippen molar-refractivity contribution in [1.82, 2.24) is 10.6 Å². The Morgan fingerprint density at radius 3 is 2.15 bits per heavy atom. The second-order valence-electron chi connectivity index (χ2n) is 8.54. The van der Waals surface area contributed by atoms with E-state index in [4.69, 9.17) is 9.47 Å². The van der Waals surface area contributed by atoms with Crippen LogP contribution in [0.2, 0.25) is 0 Å². The first kappa shape index (κ1) is 25.7. The van der Waals surface area contributed by atoms with Crippen LogP contribution in [0.3, 0.4) is 0 Å². The van der Waals surface area contributed by atoms with E-state index in [0.29, 0.717) is 31.5 Å². The number of carbonyl (C=O) groups is 3. The van der Waals surface area contributed by atoms with Crippen molar-refractivity contribution < 1.29 is 23.9 Å². The SMILES string of the molecule is CC(C)(C)OC(=O)NCCCC[C@H](NC(=O)OCc1ccccc1)C(=O)Nc1ccccc1. The zero-order valence-electron chi connectivity index (χ0n) is 19.4. The molecule has 1 atom stereocenters.